The van der Waals surface area contributed by atoms with E-state index >= 15 is 0 Å². The van der Waals surface area contributed by atoms with Crippen LogP contribution in [0, 0.1) is 5.41 Å². The molecule has 2 aromatic rings. The van der Waals surface area contributed by atoms with Crippen molar-refractivity contribution in [3.8, 4) is 0 Å². The topological polar surface area (TPSA) is 173 Å². The molecule has 5 rings (SSSR count). The van der Waals surface area contributed by atoms with Crippen LogP contribution < -0.4 is 11.1 Å². The molecule has 3 unspecified atom stereocenters. The van der Waals surface area contributed by atoms with E-state index in [0.717, 1.165) is 24.2 Å². The van der Waals surface area contributed by atoms with Crippen molar-refractivity contribution in [3.05, 3.63) is 29.6 Å². The Labute approximate surface area is 221 Å². The standard InChI is InChI=1S/C20H21N7O5S4/c21-18-24-11(5-33-18)12(26-32-10-3-1-2-4-10)14(28)25-13-15(29)27-6-20(17(30)31,7-34-16(13)27)8-35-19-22-9-23-36-19/h1,3,5,9-10,13,16H,2,4,6-8H2,(H2,21,24)(H,25,28)(H,30,31)/t10?,13?,16-,20?/m1/s1. The number of hydrogen-bond donors (Lipinski definition) is 3. The predicted molar refractivity (Wildman–Crippen MR) is 137 cm³/mol. The van der Waals surface area contributed by atoms with Crippen LogP contribution >= 0.6 is 46.4 Å². The van der Waals surface area contributed by atoms with Crippen molar-refractivity contribution in [1.29, 1.82) is 0 Å². The van der Waals surface area contributed by atoms with Crippen LogP contribution in [-0.2, 0) is 19.2 Å². The zero-order valence-corrected chi connectivity index (χ0v) is 21.9. The van der Waals surface area contributed by atoms with Gasteiger partial charge in [0.15, 0.2) is 15.2 Å². The quantitative estimate of drug-likeness (QED) is 0.131. The third kappa shape index (κ3) is 4.94. The van der Waals surface area contributed by atoms with Crippen LogP contribution in [0.25, 0.3) is 0 Å². The van der Waals surface area contributed by atoms with Crippen LogP contribution in [-0.4, -0.2) is 83.4 Å². The first kappa shape index (κ1) is 25.0. The Morgan fingerprint density at radius 1 is 1.44 bits per heavy atom. The number of aromatic nitrogens is 3. The summed E-state index contributed by atoms with van der Waals surface area (Å²) in [5, 5.41) is 18.3. The van der Waals surface area contributed by atoms with E-state index in [2.05, 4.69) is 24.8 Å². The van der Waals surface area contributed by atoms with E-state index in [1.54, 1.807) is 5.38 Å². The molecule has 4 atom stereocenters. The Morgan fingerprint density at radius 2 is 2.31 bits per heavy atom. The lowest BCUT2D eigenvalue weighted by atomic mass is 9.89. The molecule has 4 heterocycles. The molecule has 0 bridgehead atoms. The van der Waals surface area contributed by atoms with E-state index in [1.165, 1.54) is 46.3 Å². The lowest BCUT2D eigenvalue weighted by molar-refractivity contribution is -0.157. The number of nitrogens with zero attached hydrogens (tertiary/aromatic N) is 5. The number of amides is 2. The molecule has 2 amide bonds. The van der Waals surface area contributed by atoms with Gasteiger partial charge in [-0.2, -0.15) is 4.37 Å². The van der Waals surface area contributed by atoms with Crippen LogP contribution in [0.15, 0.2) is 33.4 Å². The SMILES string of the molecule is Nc1nc(C(=NOC2C=CCC2)C(=O)NC2C(=O)N3CC(CSc4ncns4)(C(=O)O)CS[C@H]23)cs1. The molecule has 4 N–H and O–H groups in total. The summed E-state index contributed by atoms with van der Waals surface area (Å²) in [6.07, 6.45) is 6.67. The molecule has 190 valence electrons. The summed E-state index contributed by atoms with van der Waals surface area (Å²) in [7, 11) is 0. The monoisotopic (exact) mass is 567 g/mol. The Morgan fingerprint density at radius 3 is 2.97 bits per heavy atom. The minimum atomic E-state index is -1.13. The maximum Gasteiger partial charge on any atom is 0.313 e. The second-order valence-electron chi connectivity index (χ2n) is 8.36. The Balaban J connectivity index is 1.26. The third-order valence-electron chi connectivity index (χ3n) is 5.93. The number of nitrogens with one attached hydrogen (secondary N) is 1. The first-order chi connectivity index (χ1) is 17.4. The average Bonchev–Trinajstić information content (AvgIpc) is 3.65. The molecular formula is C20H21N7O5S4. The van der Waals surface area contributed by atoms with Gasteiger partial charge in [-0.3, -0.25) is 14.4 Å². The molecule has 12 nitrogen and oxygen atoms in total. The molecule has 2 fully saturated rings. The minimum Gasteiger partial charge on any atom is -0.481 e. The van der Waals surface area contributed by atoms with Crippen molar-refractivity contribution in [2.75, 3.05) is 23.8 Å². The number of carboxylic acid groups (broad SMARTS) is 1. The van der Waals surface area contributed by atoms with Gasteiger partial charge in [0, 0.05) is 23.4 Å². The molecule has 2 aliphatic heterocycles. The predicted octanol–water partition coefficient (Wildman–Crippen LogP) is 1.28. The molecule has 2 saturated heterocycles. The second kappa shape index (κ2) is 10.4. The third-order valence-corrected chi connectivity index (χ3v) is 10.3. The van der Waals surface area contributed by atoms with Crippen LogP contribution in [0.1, 0.15) is 18.5 Å². The number of thioether (sulfide) groups is 2. The van der Waals surface area contributed by atoms with E-state index in [9.17, 15) is 19.5 Å². The van der Waals surface area contributed by atoms with E-state index in [-0.39, 0.29) is 52.0 Å². The van der Waals surface area contributed by atoms with E-state index < -0.39 is 23.3 Å². The molecule has 1 aliphatic carbocycles. The van der Waals surface area contributed by atoms with Gasteiger partial charge >= 0.3 is 5.97 Å². The van der Waals surface area contributed by atoms with Crippen molar-refractivity contribution in [2.45, 2.75) is 34.7 Å². The summed E-state index contributed by atoms with van der Waals surface area (Å²) >= 11 is 5.01. The maximum atomic E-state index is 13.1. The number of anilines is 1. The second-order valence-corrected chi connectivity index (χ2v) is 12.4. The number of thiazole rings is 1. The highest BCUT2D eigenvalue weighted by Gasteiger charge is 2.57. The summed E-state index contributed by atoms with van der Waals surface area (Å²) in [4.78, 5) is 53.6. The fourth-order valence-electron chi connectivity index (χ4n) is 3.96. The van der Waals surface area contributed by atoms with Crippen molar-refractivity contribution < 1.29 is 24.3 Å². The molecule has 3 aliphatic rings. The van der Waals surface area contributed by atoms with Gasteiger partial charge in [0.2, 0.25) is 5.91 Å². The Kier molecular flexibility index (Phi) is 7.18. The van der Waals surface area contributed by atoms with E-state index in [0.29, 0.717) is 4.34 Å². The van der Waals surface area contributed by atoms with Gasteiger partial charge in [0.1, 0.15) is 35.0 Å². The van der Waals surface area contributed by atoms with Gasteiger partial charge in [-0.1, -0.05) is 23.0 Å². The van der Waals surface area contributed by atoms with Gasteiger partial charge in [-0.15, -0.1) is 23.1 Å². The molecule has 0 saturated carbocycles. The number of hydrogen-bond acceptors (Lipinski definition) is 13. The Hall–Kier alpha value is -2.69. The molecule has 2 aromatic heterocycles. The summed E-state index contributed by atoms with van der Waals surface area (Å²) in [5.74, 6) is -1.38. The minimum absolute atomic E-state index is 0.0533. The summed E-state index contributed by atoms with van der Waals surface area (Å²) in [6.45, 7) is 0.0533. The first-order valence-corrected chi connectivity index (χ1v) is 14.5. The van der Waals surface area contributed by atoms with Gasteiger partial charge in [-0.25, -0.2) is 9.97 Å². The maximum absolute atomic E-state index is 13.1. The van der Waals surface area contributed by atoms with Crippen molar-refractivity contribution in [1.82, 2.24) is 24.6 Å². The summed E-state index contributed by atoms with van der Waals surface area (Å²) in [6, 6.07) is -0.808. The summed E-state index contributed by atoms with van der Waals surface area (Å²) < 4.78 is 4.61. The number of allylic oxidation sites excluding steroid dienone is 1. The number of nitrogens with two attached hydrogens (primary N) is 1. The van der Waals surface area contributed by atoms with Crippen molar-refractivity contribution in [3.63, 3.8) is 0 Å². The van der Waals surface area contributed by atoms with Gasteiger partial charge in [-0.05, 0) is 30.5 Å². The molecule has 0 aromatic carbocycles. The smallest absolute Gasteiger partial charge is 0.313 e. The average molecular weight is 568 g/mol. The molecule has 0 spiro atoms. The number of aliphatic carboxylic acids is 1. The number of carbonyl (C=O) groups is 3. The number of nitrogen functional groups attached to an aromatic ring is 1. The van der Waals surface area contributed by atoms with Crippen molar-refractivity contribution in [2.24, 2.45) is 10.6 Å². The molecule has 36 heavy (non-hydrogen) atoms. The van der Waals surface area contributed by atoms with E-state index in [4.69, 9.17) is 10.6 Å². The number of β-lactam (4-membered cyclic amide) rings is 1. The van der Waals surface area contributed by atoms with Gasteiger partial charge < -0.3 is 25.9 Å². The highest BCUT2D eigenvalue weighted by Crippen LogP contribution is 2.44. The first-order valence-electron chi connectivity index (χ1n) is 10.8. The number of rotatable bonds is 9. The van der Waals surface area contributed by atoms with Crippen LogP contribution in [0.5, 0.6) is 0 Å². The fraction of sp³-hybridized carbons (Fsp3) is 0.450. The molecule has 0 radical (unpaired) electrons. The number of oxime groups is 1. The highest BCUT2D eigenvalue weighted by molar-refractivity contribution is 8.01. The lowest BCUT2D eigenvalue weighted by Gasteiger charge is -2.53. The van der Waals surface area contributed by atoms with Crippen LogP contribution in [0.3, 0.4) is 0 Å². The van der Waals surface area contributed by atoms with Crippen LogP contribution in [0.2, 0.25) is 0 Å². The highest BCUT2D eigenvalue weighted by atomic mass is 32.2. The van der Waals surface area contributed by atoms with Crippen molar-refractivity contribution >= 4 is 75.0 Å². The fourth-order valence-corrected chi connectivity index (χ4v) is 7.81. The number of carboxylic acids is 1. The number of carbonyl (C=O) groups excluding carboxylic acids is 2. The normalized spacial score (nSPS) is 27.4. The van der Waals surface area contributed by atoms with Gasteiger partial charge in [0.05, 0.1) is 0 Å². The van der Waals surface area contributed by atoms with E-state index in [1.807, 2.05) is 12.2 Å². The zero-order valence-electron chi connectivity index (χ0n) is 18.6. The number of fused-ring (bicyclic) bond motifs is 1. The molecule has 16 heteroatoms. The zero-order chi connectivity index (χ0) is 25.3. The van der Waals surface area contributed by atoms with Crippen LogP contribution in [0.4, 0.5) is 5.13 Å². The van der Waals surface area contributed by atoms with Gasteiger partial charge in [0.25, 0.3) is 5.91 Å². The largest absolute Gasteiger partial charge is 0.481 e. The Bertz CT molecular complexity index is 1220. The summed E-state index contributed by atoms with van der Waals surface area (Å²) in [5.41, 5.74) is 4.80. The molecular weight excluding hydrogens is 547 g/mol. The lowest BCUT2D eigenvalue weighted by Crippen LogP contribution is -2.74.